The predicted molar refractivity (Wildman–Crippen MR) is 118 cm³/mol. The quantitative estimate of drug-likeness (QED) is 0.476. The van der Waals surface area contributed by atoms with Crippen LogP contribution >= 0.6 is 0 Å². The first-order valence-corrected chi connectivity index (χ1v) is 10.9. The van der Waals surface area contributed by atoms with Crippen molar-refractivity contribution >= 4 is 18.0 Å². The second-order valence-electron chi connectivity index (χ2n) is 8.09. The van der Waals surface area contributed by atoms with Gasteiger partial charge < -0.3 is 30.3 Å². The standard InChI is InChI=1S/C24H26N2O7/c27-20(23(29)30)9-11-25-22(28)21-19(10-12-32-21)26-24(31)33-13-18-16-7-3-1-5-14(16)15-6-2-4-8-17(15)18/h1-8,18-21,27H,9-13H2,(H,25,28)(H,26,31)(H,29,30)/t19-,20?,21+/m1/s1. The minimum Gasteiger partial charge on any atom is -0.479 e. The predicted octanol–water partition coefficient (Wildman–Crippen LogP) is 1.63. The summed E-state index contributed by atoms with van der Waals surface area (Å²) in [4.78, 5) is 35.5. The van der Waals surface area contributed by atoms with Crippen LogP contribution in [0.5, 0.6) is 0 Å². The van der Waals surface area contributed by atoms with Gasteiger partial charge in [-0.15, -0.1) is 0 Å². The van der Waals surface area contributed by atoms with Crippen LogP contribution in [0.3, 0.4) is 0 Å². The van der Waals surface area contributed by atoms with Gasteiger partial charge in [-0.2, -0.15) is 0 Å². The van der Waals surface area contributed by atoms with Gasteiger partial charge in [-0.3, -0.25) is 4.79 Å². The van der Waals surface area contributed by atoms with E-state index in [2.05, 4.69) is 22.8 Å². The Morgan fingerprint density at radius 3 is 2.33 bits per heavy atom. The third kappa shape index (κ3) is 4.99. The van der Waals surface area contributed by atoms with Gasteiger partial charge >= 0.3 is 12.1 Å². The summed E-state index contributed by atoms with van der Waals surface area (Å²) in [6, 6.07) is 15.5. The number of aliphatic hydroxyl groups excluding tert-OH is 1. The smallest absolute Gasteiger partial charge is 0.407 e. The lowest BCUT2D eigenvalue weighted by molar-refractivity contribution is -0.147. The minimum absolute atomic E-state index is 0.0240. The van der Waals surface area contributed by atoms with E-state index >= 15 is 0 Å². The van der Waals surface area contributed by atoms with Crippen LogP contribution in [0.1, 0.15) is 29.9 Å². The molecule has 33 heavy (non-hydrogen) atoms. The molecule has 0 radical (unpaired) electrons. The maximum Gasteiger partial charge on any atom is 0.407 e. The molecule has 1 aliphatic heterocycles. The Kier molecular flexibility index (Phi) is 6.90. The Hall–Kier alpha value is -3.43. The fraction of sp³-hybridized carbons (Fsp3) is 0.375. The summed E-state index contributed by atoms with van der Waals surface area (Å²) in [5.41, 5.74) is 4.49. The van der Waals surface area contributed by atoms with Crippen molar-refractivity contribution in [2.45, 2.75) is 37.0 Å². The van der Waals surface area contributed by atoms with Crippen molar-refractivity contribution in [1.82, 2.24) is 10.6 Å². The number of nitrogens with one attached hydrogen (secondary N) is 2. The molecule has 4 N–H and O–H groups in total. The van der Waals surface area contributed by atoms with Gasteiger partial charge in [0.2, 0.25) is 0 Å². The molecule has 2 aromatic carbocycles. The second kappa shape index (κ2) is 10.0. The van der Waals surface area contributed by atoms with E-state index in [1.165, 1.54) is 0 Å². The molecule has 1 unspecified atom stereocenters. The molecule has 2 aliphatic rings. The number of hydrogen-bond acceptors (Lipinski definition) is 6. The summed E-state index contributed by atoms with van der Waals surface area (Å²) in [5.74, 6) is -1.90. The van der Waals surface area contributed by atoms with Crippen LogP contribution in [0.4, 0.5) is 4.79 Å². The Morgan fingerprint density at radius 2 is 1.70 bits per heavy atom. The molecule has 0 saturated carbocycles. The zero-order valence-electron chi connectivity index (χ0n) is 17.9. The summed E-state index contributed by atoms with van der Waals surface area (Å²) in [6.07, 6.45) is -2.78. The van der Waals surface area contributed by atoms with E-state index in [0.29, 0.717) is 13.0 Å². The lowest BCUT2D eigenvalue weighted by atomic mass is 9.98. The molecule has 1 fully saturated rings. The highest BCUT2D eigenvalue weighted by Gasteiger charge is 2.36. The number of rotatable bonds is 8. The number of amides is 2. The van der Waals surface area contributed by atoms with Gasteiger partial charge in [-0.05, 0) is 28.7 Å². The maximum absolute atomic E-state index is 12.5. The van der Waals surface area contributed by atoms with E-state index in [0.717, 1.165) is 22.3 Å². The van der Waals surface area contributed by atoms with Gasteiger partial charge in [0.15, 0.2) is 12.2 Å². The van der Waals surface area contributed by atoms with Crippen molar-refractivity contribution in [3.05, 3.63) is 59.7 Å². The van der Waals surface area contributed by atoms with Crippen LogP contribution < -0.4 is 10.6 Å². The van der Waals surface area contributed by atoms with E-state index in [4.69, 9.17) is 14.6 Å². The third-order valence-electron chi connectivity index (χ3n) is 6.00. The highest BCUT2D eigenvalue weighted by Crippen LogP contribution is 2.44. The summed E-state index contributed by atoms with van der Waals surface area (Å²) < 4.78 is 11.0. The number of carbonyl (C=O) groups excluding carboxylic acids is 2. The summed E-state index contributed by atoms with van der Waals surface area (Å²) in [6.45, 7) is 0.436. The third-order valence-corrected chi connectivity index (χ3v) is 6.00. The van der Waals surface area contributed by atoms with Gasteiger partial charge in [-0.1, -0.05) is 48.5 Å². The molecule has 2 amide bonds. The number of aliphatic carboxylic acids is 1. The van der Waals surface area contributed by atoms with Gasteiger partial charge in [0.1, 0.15) is 6.61 Å². The molecular formula is C24H26N2O7. The van der Waals surface area contributed by atoms with Crippen molar-refractivity contribution in [2.75, 3.05) is 19.8 Å². The average molecular weight is 454 g/mol. The largest absolute Gasteiger partial charge is 0.479 e. The number of fused-ring (bicyclic) bond motifs is 3. The van der Waals surface area contributed by atoms with Crippen molar-refractivity contribution in [3.63, 3.8) is 0 Å². The molecule has 0 spiro atoms. The molecule has 9 nitrogen and oxygen atoms in total. The molecule has 1 heterocycles. The fourth-order valence-corrected chi connectivity index (χ4v) is 4.34. The normalized spacial score (nSPS) is 19.9. The van der Waals surface area contributed by atoms with E-state index < -0.39 is 36.2 Å². The van der Waals surface area contributed by atoms with Crippen LogP contribution in [0.15, 0.2) is 48.5 Å². The molecule has 3 atom stereocenters. The van der Waals surface area contributed by atoms with Crippen molar-refractivity contribution in [1.29, 1.82) is 0 Å². The topological polar surface area (TPSA) is 134 Å². The Balaban J connectivity index is 1.31. The first kappa shape index (κ1) is 22.8. The lowest BCUT2D eigenvalue weighted by Gasteiger charge is -2.20. The number of benzene rings is 2. The number of carboxylic acids is 1. The average Bonchev–Trinajstić information content (AvgIpc) is 3.40. The van der Waals surface area contributed by atoms with Gasteiger partial charge in [0.05, 0.1) is 6.04 Å². The number of aliphatic hydroxyl groups is 1. The van der Waals surface area contributed by atoms with Crippen molar-refractivity contribution < 1.29 is 34.1 Å². The van der Waals surface area contributed by atoms with Crippen LogP contribution in [-0.2, 0) is 19.1 Å². The van der Waals surface area contributed by atoms with Crippen LogP contribution in [-0.4, -0.2) is 66.2 Å². The van der Waals surface area contributed by atoms with E-state index in [1.807, 2.05) is 36.4 Å². The Bertz CT molecular complexity index is 995. The molecule has 0 aromatic heterocycles. The van der Waals surface area contributed by atoms with E-state index in [-0.39, 0.29) is 25.5 Å². The molecule has 0 bridgehead atoms. The lowest BCUT2D eigenvalue weighted by Crippen LogP contribution is -2.49. The molecule has 1 aliphatic carbocycles. The molecule has 2 aromatic rings. The number of ether oxygens (including phenoxy) is 2. The summed E-state index contributed by atoms with van der Waals surface area (Å²) in [7, 11) is 0. The Morgan fingerprint density at radius 1 is 1.06 bits per heavy atom. The first-order chi connectivity index (χ1) is 16.0. The van der Waals surface area contributed by atoms with E-state index in [1.54, 1.807) is 0 Å². The van der Waals surface area contributed by atoms with Gasteiger partial charge in [-0.25, -0.2) is 9.59 Å². The minimum atomic E-state index is -1.55. The molecule has 1 saturated heterocycles. The van der Waals surface area contributed by atoms with E-state index in [9.17, 15) is 19.5 Å². The van der Waals surface area contributed by atoms with Crippen LogP contribution in [0, 0.1) is 0 Å². The van der Waals surface area contributed by atoms with Crippen molar-refractivity contribution in [2.24, 2.45) is 0 Å². The van der Waals surface area contributed by atoms with Gasteiger partial charge in [0.25, 0.3) is 5.91 Å². The molecule has 4 rings (SSSR count). The highest BCUT2D eigenvalue weighted by molar-refractivity contribution is 5.83. The fourth-order valence-electron chi connectivity index (χ4n) is 4.34. The Labute approximate surface area is 190 Å². The SMILES string of the molecule is O=C(N[C@@H]1CCO[C@@H]1C(=O)NCCC(O)C(=O)O)OCC1c2ccccc2-c2ccccc21. The maximum atomic E-state index is 12.5. The number of hydrogen-bond donors (Lipinski definition) is 4. The second-order valence-corrected chi connectivity index (χ2v) is 8.09. The number of carboxylic acid groups (broad SMARTS) is 1. The van der Waals surface area contributed by atoms with Crippen LogP contribution in [0.25, 0.3) is 11.1 Å². The summed E-state index contributed by atoms with van der Waals surface area (Å²) >= 11 is 0. The van der Waals surface area contributed by atoms with Crippen molar-refractivity contribution in [3.8, 4) is 11.1 Å². The number of carbonyl (C=O) groups is 3. The molecule has 9 heteroatoms. The number of alkyl carbamates (subject to hydrolysis) is 1. The zero-order chi connectivity index (χ0) is 23.4. The van der Waals surface area contributed by atoms with Gasteiger partial charge in [0, 0.05) is 25.5 Å². The first-order valence-electron chi connectivity index (χ1n) is 10.9. The molecular weight excluding hydrogens is 428 g/mol. The molecule has 174 valence electrons. The highest BCUT2D eigenvalue weighted by atomic mass is 16.6. The zero-order valence-corrected chi connectivity index (χ0v) is 17.9. The van der Waals surface area contributed by atoms with Crippen LogP contribution in [0.2, 0.25) is 0 Å². The monoisotopic (exact) mass is 454 g/mol. The summed E-state index contributed by atoms with van der Waals surface area (Å²) in [5, 5.41) is 23.2.